The molecule has 25 heavy (non-hydrogen) atoms. The van der Waals surface area contributed by atoms with E-state index in [-0.39, 0.29) is 12.0 Å². The highest BCUT2D eigenvalue weighted by atomic mass is 32.1. The third-order valence-corrected chi connectivity index (χ3v) is 5.45. The van der Waals surface area contributed by atoms with Crippen LogP contribution in [0.5, 0.6) is 0 Å². The number of ether oxygens (including phenoxy) is 1. The topological polar surface area (TPSA) is 76.5 Å². The molecule has 7 nitrogen and oxygen atoms in total. The molecular formula is C17H20N4O3S. The van der Waals surface area contributed by atoms with Crippen molar-refractivity contribution in [2.24, 2.45) is 0 Å². The van der Waals surface area contributed by atoms with Crippen LogP contribution in [0, 0.1) is 0 Å². The Morgan fingerprint density at radius 2 is 2.16 bits per heavy atom. The highest BCUT2D eigenvalue weighted by molar-refractivity contribution is 7.17. The molecule has 4 heterocycles. The van der Waals surface area contributed by atoms with Gasteiger partial charge in [-0.2, -0.15) is 5.10 Å². The smallest absolute Gasteiger partial charge is 0.410 e. The average Bonchev–Trinajstić information content (AvgIpc) is 3.20. The van der Waals surface area contributed by atoms with Crippen molar-refractivity contribution in [2.75, 3.05) is 6.54 Å². The molecule has 2 aliphatic heterocycles. The third kappa shape index (κ3) is 2.90. The summed E-state index contributed by atoms with van der Waals surface area (Å²) in [7, 11) is 0. The van der Waals surface area contributed by atoms with Crippen LogP contribution in [0.3, 0.4) is 0 Å². The van der Waals surface area contributed by atoms with E-state index in [1.54, 1.807) is 4.90 Å². The summed E-state index contributed by atoms with van der Waals surface area (Å²) in [4.78, 5) is 27.7. The van der Waals surface area contributed by atoms with Crippen molar-refractivity contribution in [1.29, 1.82) is 0 Å². The third-order valence-electron chi connectivity index (χ3n) is 4.24. The van der Waals surface area contributed by atoms with E-state index in [1.165, 1.54) is 11.3 Å². The minimum Gasteiger partial charge on any atom is -0.444 e. The molecule has 0 atom stereocenters. The number of thiophene rings is 1. The summed E-state index contributed by atoms with van der Waals surface area (Å²) in [5, 5.41) is 7.27. The number of hydrogen-bond donors (Lipinski definition) is 1. The second-order valence-electron chi connectivity index (χ2n) is 7.28. The average molecular weight is 360 g/mol. The number of carbonyl (C=O) groups is 2. The zero-order chi connectivity index (χ0) is 17.8. The van der Waals surface area contributed by atoms with E-state index in [2.05, 4.69) is 10.4 Å². The van der Waals surface area contributed by atoms with Crippen molar-refractivity contribution < 1.29 is 14.3 Å². The molecule has 0 aromatic carbocycles. The Kier molecular flexibility index (Phi) is 3.61. The summed E-state index contributed by atoms with van der Waals surface area (Å²) in [5.41, 5.74) is 2.49. The molecule has 0 aliphatic carbocycles. The van der Waals surface area contributed by atoms with Gasteiger partial charge >= 0.3 is 6.09 Å². The van der Waals surface area contributed by atoms with Gasteiger partial charge in [-0.25, -0.2) is 4.79 Å². The molecular weight excluding hydrogens is 340 g/mol. The van der Waals surface area contributed by atoms with Gasteiger partial charge in [0.05, 0.1) is 29.9 Å². The first-order valence-electron chi connectivity index (χ1n) is 8.26. The van der Waals surface area contributed by atoms with Crippen LogP contribution in [0.25, 0.3) is 10.4 Å². The van der Waals surface area contributed by atoms with Crippen LogP contribution in [0.15, 0.2) is 12.3 Å². The SMILES string of the molecule is CC(C)(C)OC(=O)N1CCn2ncc(-c3cc4c(s3)C(=O)NC4)c2C1. The number of nitrogens with one attached hydrogen (secondary N) is 1. The molecule has 0 unspecified atom stereocenters. The van der Waals surface area contributed by atoms with Crippen molar-refractivity contribution in [1.82, 2.24) is 20.0 Å². The standard InChI is InChI=1S/C17H20N4O3S/c1-17(2,3)24-16(23)20-4-5-21-12(9-20)11(8-19-21)13-6-10-7-18-15(22)14(10)25-13/h6,8H,4-5,7,9H2,1-3H3,(H,18,22). The predicted molar refractivity (Wildman–Crippen MR) is 93.4 cm³/mol. The van der Waals surface area contributed by atoms with Crippen LogP contribution in [-0.2, 0) is 24.4 Å². The Morgan fingerprint density at radius 1 is 1.36 bits per heavy atom. The molecule has 2 aliphatic rings. The van der Waals surface area contributed by atoms with Crippen molar-refractivity contribution in [2.45, 2.75) is 46.0 Å². The molecule has 2 amide bonds. The molecule has 4 rings (SSSR count). The Hall–Kier alpha value is -2.35. The van der Waals surface area contributed by atoms with Gasteiger partial charge in [0.15, 0.2) is 0 Å². The van der Waals surface area contributed by atoms with Crippen LogP contribution in [0.2, 0.25) is 0 Å². The number of rotatable bonds is 1. The highest BCUT2D eigenvalue weighted by Crippen LogP contribution is 2.36. The Labute approximate surface area is 149 Å². The van der Waals surface area contributed by atoms with Crippen LogP contribution in [0.1, 0.15) is 41.7 Å². The summed E-state index contributed by atoms with van der Waals surface area (Å²) in [6.45, 7) is 7.85. The molecule has 1 N–H and O–H groups in total. The molecule has 0 radical (unpaired) electrons. The van der Waals surface area contributed by atoms with Crippen LogP contribution in [0.4, 0.5) is 4.79 Å². The van der Waals surface area contributed by atoms with Gasteiger partial charge in [0, 0.05) is 23.5 Å². The molecule has 0 saturated carbocycles. The number of amides is 2. The molecule has 0 bridgehead atoms. The maximum atomic E-state index is 12.4. The van der Waals surface area contributed by atoms with Gasteiger partial charge in [-0.1, -0.05) is 0 Å². The molecule has 2 aromatic heterocycles. The van der Waals surface area contributed by atoms with Gasteiger partial charge < -0.3 is 15.0 Å². The molecule has 0 fully saturated rings. The fraction of sp³-hybridized carbons (Fsp3) is 0.471. The molecule has 2 aromatic rings. The first-order valence-corrected chi connectivity index (χ1v) is 9.07. The van der Waals surface area contributed by atoms with Gasteiger partial charge in [-0.3, -0.25) is 9.48 Å². The van der Waals surface area contributed by atoms with Crippen LogP contribution >= 0.6 is 11.3 Å². The van der Waals surface area contributed by atoms with E-state index in [0.717, 1.165) is 26.6 Å². The van der Waals surface area contributed by atoms with Gasteiger partial charge in [0.2, 0.25) is 0 Å². The Morgan fingerprint density at radius 3 is 2.88 bits per heavy atom. The molecule has 8 heteroatoms. The van der Waals surface area contributed by atoms with Crippen LogP contribution < -0.4 is 5.32 Å². The van der Waals surface area contributed by atoms with Crippen molar-refractivity contribution >= 4 is 23.3 Å². The quantitative estimate of drug-likeness (QED) is 0.848. The normalized spacial score (nSPS) is 16.4. The summed E-state index contributed by atoms with van der Waals surface area (Å²) in [5.74, 6) is -0.0114. The van der Waals surface area contributed by atoms with Crippen molar-refractivity contribution in [3.63, 3.8) is 0 Å². The zero-order valence-electron chi connectivity index (χ0n) is 14.5. The summed E-state index contributed by atoms with van der Waals surface area (Å²) >= 11 is 1.48. The van der Waals surface area contributed by atoms with E-state index in [1.807, 2.05) is 37.7 Å². The lowest BCUT2D eigenvalue weighted by Gasteiger charge is -2.30. The number of carbonyl (C=O) groups excluding carboxylic acids is 2. The van der Waals surface area contributed by atoms with Crippen LogP contribution in [-0.4, -0.2) is 38.8 Å². The monoisotopic (exact) mass is 360 g/mol. The zero-order valence-corrected chi connectivity index (χ0v) is 15.3. The summed E-state index contributed by atoms with van der Waals surface area (Å²) in [6.07, 6.45) is 1.52. The van der Waals surface area contributed by atoms with E-state index in [9.17, 15) is 9.59 Å². The number of nitrogens with zero attached hydrogens (tertiary/aromatic N) is 3. The fourth-order valence-electron chi connectivity index (χ4n) is 3.07. The number of hydrogen-bond acceptors (Lipinski definition) is 5. The van der Waals surface area contributed by atoms with Crippen molar-refractivity contribution in [3.8, 4) is 10.4 Å². The van der Waals surface area contributed by atoms with E-state index < -0.39 is 5.60 Å². The molecule has 0 spiro atoms. The second-order valence-corrected chi connectivity index (χ2v) is 8.33. The first kappa shape index (κ1) is 16.1. The Bertz CT molecular complexity index is 862. The van der Waals surface area contributed by atoms with Gasteiger partial charge in [-0.05, 0) is 32.4 Å². The van der Waals surface area contributed by atoms with Gasteiger partial charge in [0.1, 0.15) is 5.60 Å². The number of aromatic nitrogens is 2. The largest absolute Gasteiger partial charge is 0.444 e. The van der Waals surface area contributed by atoms with Gasteiger partial charge in [0.25, 0.3) is 5.91 Å². The lowest BCUT2D eigenvalue weighted by atomic mass is 10.1. The minimum atomic E-state index is -0.514. The van der Waals surface area contributed by atoms with Crippen molar-refractivity contribution in [3.05, 3.63) is 28.4 Å². The minimum absolute atomic E-state index is 0.0114. The maximum absolute atomic E-state index is 12.4. The Balaban J connectivity index is 1.61. The predicted octanol–water partition coefficient (Wildman–Crippen LogP) is 2.61. The lowest BCUT2D eigenvalue weighted by molar-refractivity contribution is 0.0195. The maximum Gasteiger partial charge on any atom is 0.410 e. The lowest BCUT2D eigenvalue weighted by Crippen LogP contribution is -2.41. The molecule has 132 valence electrons. The first-order chi connectivity index (χ1) is 11.8. The number of fused-ring (bicyclic) bond motifs is 2. The fourth-order valence-corrected chi connectivity index (χ4v) is 4.20. The van der Waals surface area contributed by atoms with Gasteiger partial charge in [-0.15, -0.1) is 11.3 Å². The second kappa shape index (κ2) is 5.59. The highest BCUT2D eigenvalue weighted by Gasteiger charge is 2.30. The molecule has 0 saturated heterocycles. The summed E-state index contributed by atoms with van der Waals surface area (Å²) < 4.78 is 7.42. The van der Waals surface area contributed by atoms with E-state index >= 15 is 0 Å². The van der Waals surface area contributed by atoms with E-state index in [0.29, 0.717) is 26.2 Å². The summed E-state index contributed by atoms with van der Waals surface area (Å²) in [6, 6.07) is 2.04. The van der Waals surface area contributed by atoms with E-state index in [4.69, 9.17) is 4.74 Å².